The van der Waals surface area contributed by atoms with E-state index in [1.54, 1.807) is 24.3 Å². The summed E-state index contributed by atoms with van der Waals surface area (Å²) < 4.78 is 52.1. The third-order valence-electron chi connectivity index (χ3n) is 4.58. The molecule has 1 heterocycles. The van der Waals surface area contributed by atoms with Crippen LogP contribution in [0.25, 0.3) is 0 Å². The Balaban J connectivity index is 2.29. The molecule has 0 saturated carbocycles. The van der Waals surface area contributed by atoms with E-state index in [1.807, 2.05) is 6.92 Å². The van der Waals surface area contributed by atoms with Crippen molar-refractivity contribution in [3.8, 4) is 11.8 Å². The molecule has 0 bridgehead atoms. The number of benzene rings is 1. The van der Waals surface area contributed by atoms with Crippen LogP contribution in [0, 0.1) is 0 Å². The van der Waals surface area contributed by atoms with Gasteiger partial charge in [-0.2, -0.15) is 18.2 Å². The molecule has 0 aliphatic heterocycles. The Morgan fingerprint density at radius 2 is 1.63 bits per heavy atom. The lowest BCUT2D eigenvalue weighted by Crippen LogP contribution is -2.20. The Labute approximate surface area is 176 Å². The number of hydrogen-bond acceptors (Lipinski definition) is 5. The van der Waals surface area contributed by atoms with Gasteiger partial charge in [0.25, 0.3) is 0 Å². The predicted octanol–water partition coefficient (Wildman–Crippen LogP) is 6.40. The molecular formula is C22H30F3N3O2. The molecule has 0 unspecified atom stereocenters. The van der Waals surface area contributed by atoms with Gasteiger partial charge in [0, 0.05) is 13.2 Å². The minimum Gasteiger partial charge on any atom is -0.491 e. The maximum Gasteiger partial charge on any atom is 0.421 e. The van der Waals surface area contributed by atoms with Crippen LogP contribution in [0.3, 0.4) is 0 Å². The summed E-state index contributed by atoms with van der Waals surface area (Å²) in [6.07, 6.45) is 1.97. The average molecular weight is 425 g/mol. The molecular weight excluding hydrogens is 395 g/mol. The maximum atomic E-state index is 13.6. The second-order valence-electron chi connectivity index (χ2n) is 7.03. The molecule has 0 atom stereocenters. The molecule has 0 spiro atoms. The van der Waals surface area contributed by atoms with Gasteiger partial charge in [-0.25, -0.2) is 4.98 Å². The van der Waals surface area contributed by atoms with E-state index in [-0.39, 0.29) is 11.8 Å². The molecule has 0 radical (unpaired) electrons. The smallest absolute Gasteiger partial charge is 0.421 e. The van der Waals surface area contributed by atoms with Crippen molar-refractivity contribution in [2.75, 3.05) is 25.2 Å². The van der Waals surface area contributed by atoms with Crippen LogP contribution in [0.2, 0.25) is 0 Å². The highest BCUT2D eigenvalue weighted by molar-refractivity contribution is 5.68. The van der Waals surface area contributed by atoms with Gasteiger partial charge < -0.3 is 14.4 Å². The number of para-hydroxylation sites is 2. The second-order valence-corrected chi connectivity index (χ2v) is 7.03. The van der Waals surface area contributed by atoms with E-state index in [4.69, 9.17) is 9.47 Å². The molecule has 166 valence electrons. The number of anilines is 2. The summed E-state index contributed by atoms with van der Waals surface area (Å²) in [5.41, 5.74) is -0.432. The van der Waals surface area contributed by atoms with Crippen molar-refractivity contribution in [3.05, 3.63) is 36.0 Å². The van der Waals surface area contributed by atoms with Crippen LogP contribution < -0.4 is 14.4 Å². The lowest BCUT2D eigenvalue weighted by molar-refractivity contribution is -0.137. The summed E-state index contributed by atoms with van der Waals surface area (Å²) in [7, 11) is 1.53. The third-order valence-corrected chi connectivity index (χ3v) is 4.58. The number of halogens is 3. The number of aromatic nitrogens is 2. The third kappa shape index (κ3) is 6.78. The largest absolute Gasteiger partial charge is 0.491 e. The minimum absolute atomic E-state index is 0.0641. The fraction of sp³-hybridized carbons (Fsp3) is 0.545. The summed E-state index contributed by atoms with van der Waals surface area (Å²) >= 11 is 0. The summed E-state index contributed by atoms with van der Waals surface area (Å²) in [6.45, 7) is 5.00. The summed E-state index contributed by atoms with van der Waals surface area (Å²) in [4.78, 5) is 9.23. The van der Waals surface area contributed by atoms with Gasteiger partial charge in [0.05, 0.1) is 18.9 Å². The fourth-order valence-corrected chi connectivity index (χ4v) is 2.87. The zero-order chi connectivity index (χ0) is 22.0. The molecule has 1 aromatic heterocycles. The van der Waals surface area contributed by atoms with Crippen LogP contribution in [-0.4, -0.2) is 30.2 Å². The molecule has 1 aromatic carbocycles. The molecule has 30 heavy (non-hydrogen) atoms. The highest BCUT2D eigenvalue weighted by Gasteiger charge is 2.37. The number of ether oxygens (including phenoxy) is 2. The number of nitrogens with zero attached hydrogens (tertiary/aromatic N) is 3. The first-order chi connectivity index (χ1) is 14.4. The van der Waals surface area contributed by atoms with Crippen molar-refractivity contribution < 1.29 is 22.6 Å². The molecule has 0 amide bonds. The number of hydrogen-bond donors (Lipinski definition) is 0. The Hall–Kier alpha value is -2.51. The van der Waals surface area contributed by atoms with Crippen molar-refractivity contribution in [1.82, 2.24) is 9.97 Å². The van der Waals surface area contributed by atoms with Crippen molar-refractivity contribution >= 4 is 11.5 Å². The molecule has 8 heteroatoms. The number of rotatable bonds is 12. The predicted molar refractivity (Wildman–Crippen MR) is 112 cm³/mol. The van der Waals surface area contributed by atoms with Crippen LogP contribution >= 0.6 is 0 Å². The summed E-state index contributed by atoms with van der Waals surface area (Å²) in [5, 5.41) is 0. The second kappa shape index (κ2) is 11.6. The topological polar surface area (TPSA) is 47.5 Å². The molecule has 0 saturated heterocycles. The first kappa shape index (κ1) is 23.8. The molecule has 2 aromatic rings. The normalized spacial score (nSPS) is 11.4. The van der Waals surface area contributed by atoms with Crippen LogP contribution in [0.4, 0.5) is 24.7 Å². The van der Waals surface area contributed by atoms with Crippen LogP contribution in [0.5, 0.6) is 11.8 Å². The van der Waals surface area contributed by atoms with Gasteiger partial charge in [-0.1, -0.05) is 51.7 Å². The van der Waals surface area contributed by atoms with E-state index in [0.29, 0.717) is 24.7 Å². The monoisotopic (exact) mass is 425 g/mol. The first-order valence-electron chi connectivity index (χ1n) is 10.4. The molecule has 0 aliphatic rings. The Bertz CT molecular complexity index is 784. The van der Waals surface area contributed by atoms with Gasteiger partial charge in [0.15, 0.2) is 5.82 Å². The van der Waals surface area contributed by atoms with E-state index in [1.165, 1.54) is 11.9 Å². The van der Waals surface area contributed by atoms with Crippen molar-refractivity contribution in [2.24, 2.45) is 0 Å². The van der Waals surface area contributed by atoms with Crippen LogP contribution in [0.15, 0.2) is 30.5 Å². The van der Waals surface area contributed by atoms with Crippen molar-refractivity contribution in [3.63, 3.8) is 0 Å². The number of unbranched alkanes of at least 4 members (excludes halogenated alkanes) is 4. The van der Waals surface area contributed by atoms with Crippen molar-refractivity contribution in [1.29, 1.82) is 0 Å². The van der Waals surface area contributed by atoms with Crippen molar-refractivity contribution in [2.45, 2.75) is 58.5 Å². The highest BCUT2D eigenvalue weighted by atomic mass is 19.4. The van der Waals surface area contributed by atoms with Gasteiger partial charge in [-0.05, 0) is 25.0 Å². The van der Waals surface area contributed by atoms with Gasteiger partial charge in [0.2, 0.25) is 0 Å². The molecule has 0 aliphatic carbocycles. The number of alkyl halides is 3. The Kier molecular flexibility index (Phi) is 9.20. The van der Waals surface area contributed by atoms with Gasteiger partial charge in [-0.15, -0.1) is 0 Å². The molecule has 0 N–H and O–H groups in total. The molecule has 2 rings (SSSR count). The van der Waals surface area contributed by atoms with E-state index >= 15 is 0 Å². The van der Waals surface area contributed by atoms with Gasteiger partial charge in [0.1, 0.15) is 11.3 Å². The quantitative estimate of drug-likeness (QED) is 0.368. The highest BCUT2D eigenvalue weighted by Crippen LogP contribution is 2.40. The average Bonchev–Trinajstić information content (AvgIpc) is 2.73. The summed E-state index contributed by atoms with van der Waals surface area (Å²) in [6, 6.07) is 6.91. The minimum atomic E-state index is -4.60. The zero-order valence-electron chi connectivity index (χ0n) is 17.8. The SMILES string of the molecule is CCCCCCOc1ncc(C(F)(F)F)c(N(C)c2ccccc2OCCCC)n1. The Morgan fingerprint density at radius 1 is 0.933 bits per heavy atom. The fourth-order valence-electron chi connectivity index (χ4n) is 2.87. The first-order valence-corrected chi connectivity index (χ1v) is 10.4. The lowest BCUT2D eigenvalue weighted by atomic mass is 10.2. The van der Waals surface area contributed by atoms with E-state index < -0.39 is 11.7 Å². The van der Waals surface area contributed by atoms with Crippen LogP contribution in [-0.2, 0) is 6.18 Å². The lowest BCUT2D eigenvalue weighted by Gasteiger charge is -2.24. The van der Waals surface area contributed by atoms with Gasteiger partial charge >= 0.3 is 12.2 Å². The van der Waals surface area contributed by atoms with E-state index in [0.717, 1.165) is 44.7 Å². The summed E-state index contributed by atoms with van der Waals surface area (Å²) in [5.74, 6) is 0.231. The zero-order valence-corrected chi connectivity index (χ0v) is 17.8. The maximum absolute atomic E-state index is 13.6. The van der Waals surface area contributed by atoms with Crippen LogP contribution in [0.1, 0.15) is 57.9 Å². The standard InChI is InChI=1S/C22H30F3N3O2/c1-4-6-8-11-15-30-21-26-16-17(22(23,24)25)20(27-21)28(3)18-12-9-10-13-19(18)29-14-7-5-2/h9-10,12-13,16H,4-8,11,14-15H2,1-3H3. The van der Waals surface area contributed by atoms with E-state index in [9.17, 15) is 13.2 Å². The Morgan fingerprint density at radius 3 is 2.33 bits per heavy atom. The molecule has 0 fully saturated rings. The molecule has 5 nitrogen and oxygen atoms in total. The van der Waals surface area contributed by atoms with Gasteiger partial charge in [-0.3, -0.25) is 0 Å². The van der Waals surface area contributed by atoms with E-state index in [2.05, 4.69) is 16.9 Å².